The molecule has 1 heterocycles. The lowest BCUT2D eigenvalue weighted by molar-refractivity contribution is 0.0856. The van der Waals surface area contributed by atoms with Crippen molar-refractivity contribution in [1.29, 1.82) is 10.5 Å². The van der Waals surface area contributed by atoms with Crippen LogP contribution in [0.5, 0.6) is 0 Å². The fourth-order valence-corrected chi connectivity index (χ4v) is 5.18. The predicted octanol–water partition coefficient (Wildman–Crippen LogP) is 3.10. The Morgan fingerprint density at radius 1 is 0.912 bits per heavy atom. The van der Waals surface area contributed by atoms with E-state index in [0.717, 1.165) is 75.3 Å². The normalized spacial score (nSPS) is 18.8. The highest BCUT2D eigenvalue weighted by atomic mass is 15.3. The summed E-state index contributed by atoms with van der Waals surface area (Å²) in [6.07, 6.45) is 3.32. The number of aryl methyl sites for hydroxylation is 1. The summed E-state index contributed by atoms with van der Waals surface area (Å²) in [4.78, 5) is 9.60. The van der Waals surface area contributed by atoms with Crippen LogP contribution < -0.4 is 4.90 Å². The minimum atomic E-state index is 0.589. The number of likely N-dealkylation sites (N-methyl/N-ethyl adjacent to an activating group) is 2. The standard InChI is InChI=1S/C28H36N6/c1-31(2)10-11-32(3)27-8-7-25(20-30)26(18-27)21-33-12-14-34(15-13-33)28-9-6-23-16-22(19-29)4-5-24(23)17-28/h4-5,7-8,16,18,28H,6,9-15,17,21H2,1-3H3. The van der Waals surface area contributed by atoms with Crippen LogP contribution in [0.25, 0.3) is 0 Å². The Balaban J connectivity index is 1.34. The topological polar surface area (TPSA) is 60.5 Å². The molecule has 1 unspecified atom stereocenters. The Morgan fingerprint density at radius 2 is 1.71 bits per heavy atom. The quantitative estimate of drug-likeness (QED) is 0.638. The summed E-state index contributed by atoms with van der Waals surface area (Å²) >= 11 is 0. The lowest BCUT2D eigenvalue weighted by atomic mass is 9.86. The molecule has 4 rings (SSSR count). The molecule has 0 amide bonds. The largest absolute Gasteiger partial charge is 0.373 e. The van der Waals surface area contributed by atoms with Crippen LogP contribution in [0.2, 0.25) is 0 Å². The zero-order valence-corrected chi connectivity index (χ0v) is 20.8. The molecule has 2 aromatic carbocycles. The van der Waals surface area contributed by atoms with Gasteiger partial charge in [0.15, 0.2) is 0 Å². The molecule has 0 bridgehead atoms. The van der Waals surface area contributed by atoms with E-state index in [0.29, 0.717) is 6.04 Å². The number of nitriles is 2. The Hall–Kier alpha value is -2.90. The molecule has 1 fully saturated rings. The van der Waals surface area contributed by atoms with Gasteiger partial charge in [-0.25, -0.2) is 0 Å². The summed E-state index contributed by atoms with van der Waals surface area (Å²) in [7, 11) is 6.31. The second kappa shape index (κ2) is 11.0. The fourth-order valence-electron chi connectivity index (χ4n) is 5.18. The van der Waals surface area contributed by atoms with Crippen LogP contribution in [-0.4, -0.2) is 81.2 Å². The Labute approximate surface area is 204 Å². The molecule has 6 heteroatoms. The molecule has 178 valence electrons. The zero-order chi connectivity index (χ0) is 24.1. The Kier molecular flexibility index (Phi) is 7.85. The van der Waals surface area contributed by atoms with E-state index in [9.17, 15) is 5.26 Å². The number of piperazine rings is 1. The average Bonchev–Trinajstić information content (AvgIpc) is 2.87. The molecule has 0 aromatic heterocycles. The molecule has 1 saturated heterocycles. The number of anilines is 1. The van der Waals surface area contributed by atoms with Crippen LogP contribution >= 0.6 is 0 Å². The van der Waals surface area contributed by atoms with E-state index in [2.05, 4.69) is 77.1 Å². The first-order chi connectivity index (χ1) is 16.5. The molecular formula is C28H36N6. The molecule has 1 aliphatic carbocycles. The number of rotatable bonds is 7. The number of nitrogens with zero attached hydrogens (tertiary/aromatic N) is 6. The monoisotopic (exact) mass is 456 g/mol. The third-order valence-corrected chi connectivity index (χ3v) is 7.39. The van der Waals surface area contributed by atoms with Crippen molar-refractivity contribution in [2.45, 2.75) is 31.8 Å². The van der Waals surface area contributed by atoms with Gasteiger partial charge >= 0.3 is 0 Å². The van der Waals surface area contributed by atoms with Gasteiger partial charge in [-0.3, -0.25) is 9.80 Å². The third-order valence-electron chi connectivity index (χ3n) is 7.39. The first kappa shape index (κ1) is 24.2. The van der Waals surface area contributed by atoms with Gasteiger partial charge in [0.25, 0.3) is 0 Å². The number of benzene rings is 2. The van der Waals surface area contributed by atoms with Gasteiger partial charge in [-0.1, -0.05) is 6.07 Å². The van der Waals surface area contributed by atoms with E-state index in [4.69, 9.17) is 5.26 Å². The third kappa shape index (κ3) is 5.77. The molecule has 0 N–H and O–H groups in total. The number of hydrogen-bond donors (Lipinski definition) is 0. The molecule has 1 atom stereocenters. The molecule has 0 saturated carbocycles. The lowest BCUT2D eigenvalue weighted by Gasteiger charge is -2.41. The highest BCUT2D eigenvalue weighted by Crippen LogP contribution is 2.27. The first-order valence-corrected chi connectivity index (χ1v) is 12.3. The number of fused-ring (bicyclic) bond motifs is 1. The van der Waals surface area contributed by atoms with Crippen LogP contribution in [0.1, 0.15) is 34.2 Å². The molecule has 1 aliphatic heterocycles. The van der Waals surface area contributed by atoms with Crippen LogP contribution in [-0.2, 0) is 19.4 Å². The molecular weight excluding hydrogens is 420 g/mol. The minimum absolute atomic E-state index is 0.589. The van der Waals surface area contributed by atoms with Gasteiger partial charge in [0.2, 0.25) is 0 Å². The fraction of sp³-hybridized carbons (Fsp3) is 0.500. The number of hydrogen-bond acceptors (Lipinski definition) is 6. The van der Waals surface area contributed by atoms with E-state index in [-0.39, 0.29) is 0 Å². The summed E-state index contributed by atoms with van der Waals surface area (Å²) in [6.45, 7) is 6.99. The average molecular weight is 457 g/mol. The summed E-state index contributed by atoms with van der Waals surface area (Å²) in [5.41, 5.74) is 6.63. The van der Waals surface area contributed by atoms with Crippen molar-refractivity contribution in [2.24, 2.45) is 0 Å². The van der Waals surface area contributed by atoms with E-state index < -0.39 is 0 Å². The van der Waals surface area contributed by atoms with Gasteiger partial charge in [-0.15, -0.1) is 0 Å². The van der Waals surface area contributed by atoms with Crippen molar-refractivity contribution < 1.29 is 0 Å². The zero-order valence-electron chi connectivity index (χ0n) is 20.8. The molecule has 2 aliphatic rings. The lowest BCUT2D eigenvalue weighted by Crippen LogP contribution is -2.51. The van der Waals surface area contributed by atoms with Crippen molar-refractivity contribution in [3.05, 3.63) is 64.2 Å². The molecule has 0 spiro atoms. The first-order valence-electron chi connectivity index (χ1n) is 12.3. The smallest absolute Gasteiger partial charge is 0.0995 e. The van der Waals surface area contributed by atoms with Crippen LogP contribution in [0.4, 0.5) is 5.69 Å². The minimum Gasteiger partial charge on any atom is -0.373 e. The van der Waals surface area contributed by atoms with Crippen LogP contribution in [0, 0.1) is 22.7 Å². The summed E-state index contributed by atoms with van der Waals surface area (Å²) in [5.74, 6) is 0. The highest BCUT2D eigenvalue weighted by molar-refractivity contribution is 5.53. The van der Waals surface area contributed by atoms with E-state index in [1.165, 1.54) is 23.2 Å². The summed E-state index contributed by atoms with van der Waals surface area (Å²) in [5, 5.41) is 18.8. The summed E-state index contributed by atoms with van der Waals surface area (Å²) < 4.78 is 0. The van der Waals surface area contributed by atoms with Crippen molar-refractivity contribution in [1.82, 2.24) is 14.7 Å². The summed E-state index contributed by atoms with van der Waals surface area (Å²) in [6, 6.07) is 17.7. The molecule has 2 aromatic rings. The molecule has 0 radical (unpaired) electrons. The molecule has 34 heavy (non-hydrogen) atoms. The second-order valence-corrected chi connectivity index (χ2v) is 9.98. The Morgan fingerprint density at radius 3 is 2.41 bits per heavy atom. The Bertz CT molecular complexity index is 1070. The highest BCUT2D eigenvalue weighted by Gasteiger charge is 2.27. The van der Waals surface area contributed by atoms with Crippen molar-refractivity contribution in [2.75, 3.05) is 65.3 Å². The van der Waals surface area contributed by atoms with E-state index >= 15 is 0 Å². The van der Waals surface area contributed by atoms with Gasteiger partial charge < -0.3 is 9.80 Å². The van der Waals surface area contributed by atoms with Gasteiger partial charge in [0, 0.05) is 64.6 Å². The van der Waals surface area contributed by atoms with Crippen molar-refractivity contribution >= 4 is 5.69 Å². The SMILES string of the molecule is CN(C)CCN(C)c1ccc(C#N)c(CN2CCN(C3CCc4cc(C#N)ccc4C3)CC2)c1. The maximum Gasteiger partial charge on any atom is 0.0995 e. The van der Waals surface area contributed by atoms with Gasteiger partial charge in [0.1, 0.15) is 0 Å². The predicted molar refractivity (Wildman–Crippen MR) is 137 cm³/mol. The van der Waals surface area contributed by atoms with Crippen molar-refractivity contribution in [3.63, 3.8) is 0 Å². The van der Waals surface area contributed by atoms with Crippen LogP contribution in [0.3, 0.4) is 0 Å². The maximum atomic E-state index is 9.66. The van der Waals surface area contributed by atoms with Crippen LogP contribution in [0.15, 0.2) is 36.4 Å². The van der Waals surface area contributed by atoms with E-state index in [1.807, 2.05) is 12.1 Å². The van der Waals surface area contributed by atoms with Gasteiger partial charge in [0.05, 0.1) is 23.3 Å². The molecule has 6 nitrogen and oxygen atoms in total. The van der Waals surface area contributed by atoms with Gasteiger partial charge in [-0.05, 0) is 80.4 Å². The van der Waals surface area contributed by atoms with Gasteiger partial charge in [-0.2, -0.15) is 10.5 Å². The second-order valence-electron chi connectivity index (χ2n) is 9.98. The van der Waals surface area contributed by atoms with E-state index in [1.54, 1.807) is 0 Å². The maximum absolute atomic E-state index is 9.66. The van der Waals surface area contributed by atoms with Crippen molar-refractivity contribution in [3.8, 4) is 12.1 Å².